The zero-order valence-corrected chi connectivity index (χ0v) is 21.9. The molecular weight excluding hydrogens is 513 g/mol. The van der Waals surface area contributed by atoms with Gasteiger partial charge in [0.15, 0.2) is 0 Å². The Morgan fingerprint density at radius 2 is 1.82 bits per heavy atom. The molecule has 0 aliphatic heterocycles. The molecule has 1 atom stereocenters. The summed E-state index contributed by atoms with van der Waals surface area (Å²) in [5, 5.41) is 10.9. The third-order valence-electron chi connectivity index (χ3n) is 5.63. The number of alkyl halides is 3. The lowest BCUT2D eigenvalue weighted by Gasteiger charge is -2.24. The first-order valence-electron chi connectivity index (χ1n) is 12.2. The minimum absolute atomic E-state index is 0.00491. The standard InChI is InChI=1S/C28H29F3N4O4/c1-17-23-13-18(9-10-24(23)35-34-17)20-12-22(15-32-14-20)37-16-21(33-26(36)39-27(2,3)4)11-19-7-5-6-8-25(19)38-28(29,30)31/h5-10,12-15,21H,11,16H2,1-4H3,(H,33,36)(H,34,35)/t21-/m0/s1. The molecule has 1 amide bonds. The summed E-state index contributed by atoms with van der Waals surface area (Å²) in [6.45, 7) is 7.01. The van der Waals surface area contributed by atoms with Crippen LogP contribution in [0.3, 0.4) is 0 Å². The fourth-order valence-corrected chi connectivity index (χ4v) is 3.96. The van der Waals surface area contributed by atoms with Gasteiger partial charge in [-0.1, -0.05) is 24.3 Å². The summed E-state index contributed by atoms with van der Waals surface area (Å²) in [4.78, 5) is 16.8. The molecule has 0 unspecified atom stereocenters. The third-order valence-corrected chi connectivity index (χ3v) is 5.63. The predicted molar refractivity (Wildman–Crippen MR) is 140 cm³/mol. The van der Waals surface area contributed by atoms with E-state index in [4.69, 9.17) is 9.47 Å². The largest absolute Gasteiger partial charge is 0.573 e. The maximum absolute atomic E-state index is 12.9. The lowest BCUT2D eigenvalue weighted by molar-refractivity contribution is -0.274. The molecule has 4 aromatic rings. The quantitative estimate of drug-likeness (QED) is 0.269. The zero-order valence-electron chi connectivity index (χ0n) is 21.9. The summed E-state index contributed by atoms with van der Waals surface area (Å²) >= 11 is 0. The summed E-state index contributed by atoms with van der Waals surface area (Å²) in [7, 11) is 0. The second kappa shape index (κ2) is 11.2. The second-order valence-corrected chi connectivity index (χ2v) is 10.0. The lowest BCUT2D eigenvalue weighted by atomic mass is 10.0. The number of ether oxygens (including phenoxy) is 3. The number of hydrogen-bond donors (Lipinski definition) is 2. The van der Waals surface area contributed by atoms with Gasteiger partial charge < -0.3 is 19.5 Å². The van der Waals surface area contributed by atoms with Crippen molar-refractivity contribution in [1.82, 2.24) is 20.5 Å². The summed E-state index contributed by atoms with van der Waals surface area (Å²) in [5.74, 6) is 0.0712. The van der Waals surface area contributed by atoms with Crippen molar-refractivity contribution in [2.24, 2.45) is 0 Å². The number of nitrogens with zero attached hydrogens (tertiary/aromatic N) is 2. The van der Waals surface area contributed by atoms with E-state index in [2.05, 4.69) is 25.2 Å². The average molecular weight is 543 g/mol. The van der Waals surface area contributed by atoms with Gasteiger partial charge in [-0.15, -0.1) is 13.2 Å². The number of nitrogens with one attached hydrogen (secondary N) is 2. The number of H-pyrrole nitrogens is 1. The van der Waals surface area contributed by atoms with Gasteiger partial charge in [0, 0.05) is 22.8 Å². The highest BCUT2D eigenvalue weighted by atomic mass is 19.4. The van der Waals surface area contributed by atoms with Crippen LogP contribution >= 0.6 is 0 Å². The van der Waals surface area contributed by atoms with Crippen molar-refractivity contribution in [3.63, 3.8) is 0 Å². The molecule has 0 spiro atoms. The van der Waals surface area contributed by atoms with Crippen LogP contribution in [-0.4, -0.2) is 45.9 Å². The molecule has 0 fully saturated rings. The second-order valence-electron chi connectivity index (χ2n) is 10.0. The number of carbonyl (C=O) groups excluding carboxylic acids is 1. The van der Waals surface area contributed by atoms with Gasteiger partial charge in [-0.05, 0) is 69.5 Å². The Hall–Kier alpha value is -4.28. The van der Waals surface area contributed by atoms with Crippen molar-refractivity contribution in [3.05, 3.63) is 72.2 Å². The molecule has 0 bridgehead atoms. The minimum atomic E-state index is -4.86. The monoisotopic (exact) mass is 542 g/mol. The minimum Gasteiger partial charge on any atom is -0.490 e. The highest BCUT2D eigenvalue weighted by Gasteiger charge is 2.32. The van der Waals surface area contributed by atoms with Gasteiger partial charge in [-0.25, -0.2) is 4.79 Å². The van der Waals surface area contributed by atoms with Crippen LogP contribution in [0.25, 0.3) is 22.0 Å². The number of fused-ring (bicyclic) bond motifs is 1. The number of hydrogen-bond acceptors (Lipinski definition) is 6. The highest BCUT2D eigenvalue weighted by Crippen LogP contribution is 2.29. The smallest absolute Gasteiger partial charge is 0.490 e. The van der Waals surface area contributed by atoms with Crippen LogP contribution < -0.4 is 14.8 Å². The van der Waals surface area contributed by atoms with E-state index in [9.17, 15) is 18.0 Å². The third kappa shape index (κ3) is 7.86. The maximum Gasteiger partial charge on any atom is 0.573 e. The van der Waals surface area contributed by atoms with Gasteiger partial charge in [0.25, 0.3) is 0 Å². The van der Waals surface area contributed by atoms with Gasteiger partial charge in [-0.2, -0.15) is 5.10 Å². The number of alkyl carbamates (subject to hydrolysis) is 1. The van der Waals surface area contributed by atoms with Gasteiger partial charge in [-0.3, -0.25) is 10.1 Å². The summed E-state index contributed by atoms with van der Waals surface area (Å²) in [6, 6.07) is 12.6. The number of aryl methyl sites for hydroxylation is 1. The Labute approximate surface area is 223 Å². The molecule has 0 saturated heterocycles. The molecule has 0 saturated carbocycles. The molecule has 2 heterocycles. The molecule has 2 N–H and O–H groups in total. The van der Waals surface area contributed by atoms with E-state index < -0.39 is 24.1 Å². The molecule has 39 heavy (non-hydrogen) atoms. The lowest BCUT2D eigenvalue weighted by Crippen LogP contribution is -2.43. The topological polar surface area (TPSA) is 98.4 Å². The Balaban J connectivity index is 1.53. The number of carbonyl (C=O) groups is 1. The van der Waals surface area contributed by atoms with Crippen molar-refractivity contribution < 1.29 is 32.2 Å². The number of halogens is 3. The van der Waals surface area contributed by atoms with Crippen molar-refractivity contribution in [2.45, 2.75) is 52.1 Å². The van der Waals surface area contributed by atoms with Crippen LogP contribution in [0, 0.1) is 6.92 Å². The van der Waals surface area contributed by atoms with Gasteiger partial charge in [0.2, 0.25) is 0 Å². The molecule has 0 aliphatic rings. The Bertz CT molecular complexity index is 1450. The first-order chi connectivity index (χ1) is 18.4. The SMILES string of the molecule is Cc1[nH]nc2ccc(-c3cncc(OC[C@H](Cc4ccccc4OC(F)(F)F)NC(=O)OC(C)(C)C)c3)cc12. The van der Waals surface area contributed by atoms with Gasteiger partial charge >= 0.3 is 12.5 Å². The fourth-order valence-electron chi connectivity index (χ4n) is 3.96. The van der Waals surface area contributed by atoms with Crippen LogP contribution in [0.4, 0.5) is 18.0 Å². The van der Waals surface area contributed by atoms with Crippen molar-refractivity contribution in [1.29, 1.82) is 0 Å². The van der Waals surface area contributed by atoms with E-state index in [0.717, 1.165) is 27.7 Å². The van der Waals surface area contributed by atoms with Crippen LogP contribution in [0.5, 0.6) is 11.5 Å². The maximum atomic E-state index is 12.9. The summed E-state index contributed by atoms with van der Waals surface area (Å²) in [6.07, 6.45) is -2.36. The molecule has 2 aromatic heterocycles. The van der Waals surface area contributed by atoms with E-state index in [1.54, 1.807) is 39.1 Å². The number of amides is 1. The van der Waals surface area contributed by atoms with Crippen molar-refractivity contribution in [2.75, 3.05) is 6.61 Å². The predicted octanol–water partition coefficient (Wildman–Crippen LogP) is 6.35. The number of rotatable bonds is 8. The normalized spacial score (nSPS) is 12.7. The fraction of sp³-hybridized carbons (Fsp3) is 0.321. The van der Waals surface area contributed by atoms with Gasteiger partial charge in [0.05, 0.1) is 17.8 Å². The first-order valence-corrected chi connectivity index (χ1v) is 12.2. The molecule has 11 heteroatoms. The van der Waals surface area contributed by atoms with E-state index >= 15 is 0 Å². The van der Waals surface area contributed by atoms with Crippen LogP contribution in [0.15, 0.2) is 60.9 Å². The number of para-hydroxylation sites is 1. The van der Waals surface area contributed by atoms with Crippen LogP contribution in [0.1, 0.15) is 32.0 Å². The zero-order chi connectivity index (χ0) is 28.2. The molecule has 8 nitrogen and oxygen atoms in total. The molecule has 4 rings (SSSR count). The Kier molecular flexibility index (Phi) is 7.98. The van der Waals surface area contributed by atoms with Crippen molar-refractivity contribution in [3.8, 4) is 22.6 Å². The number of pyridine rings is 1. The van der Waals surface area contributed by atoms with Crippen LogP contribution in [-0.2, 0) is 11.2 Å². The Morgan fingerprint density at radius 1 is 1.05 bits per heavy atom. The molecule has 2 aromatic carbocycles. The first kappa shape index (κ1) is 27.7. The molecule has 0 radical (unpaired) electrons. The average Bonchev–Trinajstić information content (AvgIpc) is 3.22. The Morgan fingerprint density at radius 3 is 2.56 bits per heavy atom. The summed E-state index contributed by atoms with van der Waals surface area (Å²) < 4.78 is 54.3. The van der Waals surface area contributed by atoms with Crippen molar-refractivity contribution >= 4 is 17.0 Å². The van der Waals surface area contributed by atoms with E-state index in [1.165, 1.54) is 24.4 Å². The molecular formula is C28H29F3N4O4. The van der Waals surface area contributed by atoms with E-state index in [-0.39, 0.29) is 24.3 Å². The van der Waals surface area contributed by atoms with E-state index in [0.29, 0.717) is 5.75 Å². The summed E-state index contributed by atoms with van der Waals surface area (Å²) in [5.41, 5.74) is 2.98. The number of aromatic amines is 1. The highest BCUT2D eigenvalue weighted by molar-refractivity contribution is 5.86. The van der Waals surface area contributed by atoms with Crippen LogP contribution in [0.2, 0.25) is 0 Å². The number of benzene rings is 2. The number of aromatic nitrogens is 3. The van der Waals surface area contributed by atoms with E-state index in [1.807, 2.05) is 25.1 Å². The molecule has 206 valence electrons. The molecule has 0 aliphatic carbocycles. The van der Waals surface area contributed by atoms with Gasteiger partial charge in [0.1, 0.15) is 23.7 Å².